The molecule has 10 nitrogen and oxygen atoms in total. The Morgan fingerprint density at radius 1 is 0.975 bits per heavy atom. The average molecular weight is 538 g/mol. The van der Waals surface area contributed by atoms with Gasteiger partial charge in [-0.1, -0.05) is 36.4 Å². The number of likely N-dealkylation sites (tertiary alicyclic amines) is 1. The van der Waals surface area contributed by atoms with Gasteiger partial charge in [0.25, 0.3) is 5.91 Å². The molecule has 6 rings (SSSR count). The number of carbonyl (C=O) groups is 3. The smallest absolute Gasteiger partial charge is 0.269 e. The first-order chi connectivity index (χ1) is 19.4. The van der Waals surface area contributed by atoms with Crippen LogP contribution in [0.3, 0.4) is 0 Å². The molecular weight excluding hydrogens is 513 g/mol. The van der Waals surface area contributed by atoms with E-state index in [2.05, 4.69) is 20.6 Å². The second-order valence-corrected chi connectivity index (χ2v) is 9.68. The van der Waals surface area contributed by atoms with Crippen LogP contribution in [0.25, 0.3) is 32.8 Å². The number of rotatable bonds is 6. The van der Waals surface area contributed by atoms with E-state index in [0.717, 1.165) is 21.9 Å². The van der Waals surface area contributed by atoms with Crippen molar-refractivity contribution in [2.75, 3.05) is 11.9 Å². The van der Waals surface area contributed by atoms with E-state index in [1.54, 1.807) is 42.7 Å². The van der Waals surface area contributed by atoms with E-state index in [1.807, 2.05) is 36.4 Å². The summed E-state index contributed by atoms with van der Waals surface area (Å²) in [7, 11) is 0. The normalized spacial score (nSPS) is 16.9. The fourth-order valence-electron chi connectivity index (χ4n) is 5.14. The first-order valence-electron chi connectivity index (χ1n) is 12.7. The summed E-state index contributed by atoms with van der Waals surface area (Å²) in [6.45, 7) is -0.512. The van der Waals surface area contributed by atoms with E-state index in [4.69, 9.17) is 5.73 Å². The number of halogens is 1. The van der Waals surface area contributed by atoms with Crippen LogP contribution in [0.2, 0.25) is 0 Å². The molecule has 0 saturated carbocycles. The fourth-order valence-corrected chi connectivity index (χ4v) is 5.14. The van der Waals surface area contributed by atoms with Crippen molar-refractivity contribution in [2.45, 2.75) is 25.2 Å². The Hall–Kier alpha value is -5.19. The number of aromatic nitrogens is 4. The van der Waals surface area contributed by atoms with Crippen LogP contribution in [0.1, 0.15) is 16.9 Å². The highest BCUT2D eigenvalue weighted by Crippen LogP contribution is 2.28. The van der Waals surface area contributed by atoms with Crippen molar-refractivity contribution in [1.29, 1.82) is 0 Å². The molecule has 2 atom stereocenters. The van der Waals surface area contributed by atoms with Gasteiger partial charge in [0.2, 0.25) is 11.8 Å². The summed E-state index contributed by atoms with van der Waals surface area (Å²) >= 11 is 0. The van der Waals surface area contributed by atoms with Crippen LogP contribution in [-0.4, -0.2) is 61.4 Å². The fraction of sp³-hybridized carbons (Fsp3) is 0.172. The number of alkyl halides is 1. The topological polar surface area (TPSA) is 136 Å². The zero-order chi connectivity index (χ0) is 27.8. The van der Waals surface area contributed by atoms with E-state index >= 15 is 0 Å². The summed E-state index contributed by atoms with van der Waals surface area (Å²) < 4.78 is 15.9. The maximum absolute atomic E-state index is 14.5. The van der Waals surface area contributed by atoms with Gasteiger partial charge < -0.3 is 16.0 Å². The number of anilines is 1. The van der Waals surface area contributed by atoms with Crippen LogP contribution in [0.4, 0.5) is 10.1 Å². The molecule has 1 saturated heterocycles. The molecule has 200 valence electrons. The zero-order valence-electron chi connectivity index (χ0n) is 21.2. The van der Waals surface area contributed by atoms with Gasteiger partial charge in [-0.15, -0.1) is 0 Å². The molecule has 3 aromatic carbocycles. The molecule has 0 spiro atoms. The molecule has 3 amide bonds. The van der Waals surface area contributed by atoms with E-state index in [0.29, 0.717) is 16.6 Å². The molecule has 2 aromatic heterocycles. The summed E-state index contributed by atoms with van der Waals surface area (Å²) in [6, 6.07) is 19.3. The van der Waals surface area contributed by atoms with Crippen molar-refractivity contribution in [3.63, 3.8) is 0 Å². The Labute approximate surface area is 227 Å². The van der Waals surface area contributed by atoms with Crippen molar-refractivity contribution < 1.29 is 18.8 Å². The SMILES string of the molecule is NC(=O)c1nn(CC(=O)N2C[C@H](F)C[C@H]2C(=O)Nc2ccc3ccccc3c2)c2ccc(-c3ccnnc3)cc12. The summed E-state index contributed by atoms with van der Waals surface area (Å²) in [6.07, 6.45) is 1.68. The molecular formula is C29H24FN7O3. The lowest BCUT2D eigenvalue weighted by Crippen LogP contribution is -2.44. The average Bonchev–Trinajstić information content (AvgIpc) is 3.54. The van der Waals surface area contributed by atoms with Gasteiger partial charge >= 0.3 is 0 Å². The lowest BCUT2D eigenvalue weighted by Gasteiger charge is -2.24. The number of primary amides is 1. The van der Waals surface area contributed by atoms with Gasteiger partial charge in [-0.2, -0.15) is 15.3 Å². The van der Waals surface area contributed by atoms with E-state index in [-0.39, 0.29) is 25.2 Å². The zero-order valence-corrected chi connectivity index (χ0v) is 21.2. The highest BCUT2D eigenvalue weighted by Gasteiger charge is 2.40. The number of hydrogen-bond donors (Lipinski definition) is 2. The quantitative estimate of drug-likeness (QED) is 0.341. The Kier molecular flexibility index (Phi) is 6.39. The molecule has 0 unspecified atom stereocenters. The van der Waals surface area contributed by atoms with Gasteiger partial charge in [-0.25, -0.2) is 4.39 Å². The molecule has 0 radical (unpaired) electrons. The Morgan fingerprint density at radius 2 is 1.80 bits per heavy atom. The second-order valence-electron chi connectivity index (χ2n) is 9.68. The number of fused-ring (bicyclic) bond motifs is 2. The summed E-state index contributed by atoms with van der Waals surface area (Å²) in [4.78, 5) is 40.0. The molecule has 0 bridgehead atoms. The van der Waals surface area contributed by atoms with Crippen LogP contribution in [0.15, 0.2) is 79.1 Å². The van der Waals surface area contributed by atoms with Gasteiger partial charge in [0.15, 0.2) is 5.69 Å². The highest BCUT2D eigenvalue weighted by molar-refractivity contribution is 6.05. The largest absolute Gasteiger partial charge is 0.364 e. The lowest BCUT2D eigenvalue weighted by molar-refractivity contribution is -0.137. The molecule has 1 fully saturated rings. The molecule has 11 heteroatoms. The number of amides is 3. The first kappa shape index (κ1) is 25.1. The number of nitrogens with zero attached hydrogens (tertiary/aromatic N) is 5. The predicted molar refractivity (Wildman–Crippen MR) is 147 cm³/mol. The minimum absolute atomic E-state index is 0.00190. The van der Waals surface area contributed by atoms with Gasteiger partial charge in [0, 0.05) is 23.1 Å². The van der Waals surface area contributed by atoms with Crippen LogP contribution in [-0.2, 0) is 16.1 Å². The van der Waals surface area contributed by atoms with Crippen LogP contribution < -0.4 is 11.1 Å². The van der Waals surface area contributed by atoms with Crippen LogP contribution in [0.5, 0.6) is 0 Å². The van der Waals surface area contributed by atoms with Crippen molar-refractivity contribution in [2.24, 2.45) is 5.73 Å². The van der Waals surface area contributed by atoms with Gasteiger partial charge in [0.05, 0.1) is 24.5 Å². The monoisotopic (exact) mass is 537 g/mol. The van der Waals surface area contributed by atoms with E-state index in [9.17, 15) is 18.8 Å². The number of hydrogen-bond acceptors (Lipinski definition) is 6. The summed E-state index contributed by atoms with van der Waals surface area (Å²) in [5, 5.41) is 17.2. The van der Waals surface area contributed by atoms with Crippen molar-refractivity contribution in [1.82, 2.24) is 24.9 Å². The van der Waals surface area contributed by atoms with Gasteiger partial charge in [0.1, 0.15) is 18.8 Å². The first-order valence-corrected chi connectivity index (χ1v) is 12.7. The third-order valence-electron chi connectivity index (χ3n) is 7.08. The number of nitrogens with two attached hydrogens (primary N) is 1. The Balaban J connectivity index is 1.25. The molecule has 1 aliphatic rings. The maximum atomic E-state index is 14.5. The van der Waals surface area contributed by atoms with Crippen molar-refractivity contribution in [3.05, 3.63) is 84.8 Å². The number of carbonyl (C=O) groups excluding carboxylic acids is 3. The van der Waals surface area contributed by atoms with Crippen molar-refractivity contribution in [3.8, 4) is 11.1 Å². The predicted octanol–water partition coefficient (Wildman–Crippen LogP) is 3.32. The second kappa shape index (κ2) is 10.2. The summed E-state index contributed by atoms with van der Waals surface area (Å²) in [5.74, 6) is -1.72. The maximum Gasteiger partial charge on any atom is 0.269 e. The van der Waals surface area contributed by atoms with Crippen LogP contribution in [0, 0.1) is 0 Å². The lowest BCUT2D eigenvalue weighted by atomic mass is 10.0. The highest BCUT2D eigenvalue weighted by atomic mass is 19.1. The van der Waals surface area contributed by atoms with Crippen molar-refractivity contribution >= 4 is 45.1 Å². The molecule has 5 aromatic rings. The molecule has 1 aliphatic heterocycles. The van der Waals surface area contributed by atoms with Gasteiger partial charge in [-0.05, 0) is 46.7 Å². The molecule has 40 heavy (non-hydrogen) atoms. The Morgan fingerprint density at radius 3 is 2.58 bits per heavy atom. The Bertz CT molecular complexity index is 1770. The standard InChI is InChI=1S/C29H24FN7O3/c30-21-13-25(29(40)34-22-7-5-17-3-1-2-4-18(17)11-22)36(15-21)26(38)16-37-24-8-6-19(20-9-10-32-33-14-20)12-23(24)27(35-37)28(31)39/h1-12,14,21,25H,13,15-16H2,(H2,31,39)(H,34,40)/t21-,25+/m1/s1. The third kappa shape index (κ3) is 4.73. The molecule has 0 aliphatic carbocycles. The molecule has 3 heterocycles. The third-order valence-corrected chi connectivity index (χ3v) is 7.08. The minimum Gasteiger partial charge on any atom is -0.364 e. The number of benzene rings is 3. The molecule has 3 N–H and O–H groups in total. The van der Waals surface area contributed by atoms with Gasteiger partial charge in [-0.3, -0.25) is 19.1 Å². The minimum atomic E-state index is -1.34. The summed E-state index contributed by atoms with van der Waals surface area (Å²) in [5.41, 5.74) is 8.19. The van der Waals surface area contributed by atoms with Crippen LogP contribution >= 0.6 is 0 Å². The van der Waals surface area contributed by atoms with E-state index in [1.165, 1.54) is 9.58 Å². The van der Waals surface area contributed by atoms with E-state index < -0.39 is 29.9 Å². The number of nitrogens with one attached hydrogen (secondary N) is 1.